The SMILES string of the molecule is Nc1c(-c2nc3ccccc3[nH]2)c(=O)[nH]c2cc(Cl)ccc12. The lowest BCUT2D eigenvalue weighted by atomic mass is 10.1. The summed E-state index contributed by atoms with van der Waals surface area (Å²) < 4.78 is 0. The molecule has 0 saturated carbocycles. The molecule has 0 radical (unpaired) electrons. The van der Waals surface area contributed by atoms with Gasteiger partial charge in [0.05, 0.1) is 22.2 Å². The van der Waals surface area contributed by atoms with Crippen molar-refractivity contribution >= 4 is 39.2 Å². The van der Waals surface area contributed by atoms with Crippen molar-refractivity contribution in [3.8, 4) is 11.4 Å². The molecule has 0 saturated heterocycles. The molecule has 4 rings (SSSR count). The number of benzene rings is 2. The number of nitrogens with two attached hydrogens (primary N) is 1. The molecule has 0 fully saturated rings. The highest BCUT2D eigenvalue weighted by Crippen LogP contribution is 2.29. The summed E-state index contributed by atoms with van der Waals surface area (Å²) in [5.41, 5.74) is 8.87. The van der Waals surface area contributed by atoms with E-state index >= 15 is 0 Å². The van der Waals surface area contributed by atoms with E-state index in [1.54, 1.807) is 18.2 Å². The number of pyridine rings is 1. The summed E-state index contributed by atoms with van der Waals surface area (Å²) in [4.78, 5) is 22.8. The van der Waals surface area contributed by atoms with Crippen LogP contribution in [-0.2, 0) is 0 Å². The molecule has 2 aromatic carbocycles. The van der Waals surface area contributed by atoms with E-state index in [0.29, 0.717) is 27.6 Å². The first-order valence-electron chi connectivity index (χ1n) is 6.69. The minimum atomic E-state index is -0.300. The van der Waals surface area contributed by atoms with Gasteiger partial charge in [-0.3, -0.25) is 4.79 Å². The first kappa shape index (κ1) is 12.9. The molecule has 2 heterocycles. The Labute approximate surface area is 129 Å². The van der Waals surface area contributed by atoms with E-state index < -0.39 is 0 Å². The summed E-state index contributed by atoms with van der Waals surface area (Å²) in [7, 11) is 0. The minimum absolute atomic E-state index is 0.300. The van der Waals surface area contributed by atoms with Crippen molar-refractivity contribution in [2.24, 2.45) is 0 Å². The van der Waals surface area contributed by atoms with E-state index in [2.05, 4.69) is 15.0 Å². The van der Waals surface area contributed by atoms with Gasteiger partial charge in [-0.1, -0.05) is 23.7 Å². The molecule has 0 aliphatic heterocycles. The molecular formula is C16H11ClN4O. The molecule has 0 amide bonds. The van der Waals surface area contributed by atoms with Crippen LogP contribution in [0.5, 0.6) is 0 Å². The predicted octanol–water partition coefficient (Wildman–Crippen LogP) is 3.31. The van der Waals surface area contributed by atoms with Crippen molar-refractivity contribution in [2.75, 3.05) is 5.73 Å². The Morgan fingerprint density at radius 3 is 2.68 bits per heavy atom. The molecule has 6 heteroatoms. The zero-order valence-corrected chi connectivity index (χ0v) is 12.1. The number of fused-ring (bicyclic) bond motifs is 2. The summed E-state index contributed by atoms with van der Waals surface area (Å²) in [6.07, 6.45) is 0. The van der Waals surface area contributed by atoms with Crippen LogP contribution < -0.4 is 11.3 Å². The van der Waals surface area contributed by atoms with E-state index in [1.165, 1.54) is 0 Å². The molecule has 0 spiro atoms. The Kier molecular flexibility index (Phi) is 2.71. The molecule has 0 atom stereocenters. The van der Waals surface area contributed by atoms with Crippen molar-refractivity contribution in [1.29, 1.82) is 0 Å². The third-order valence-corrected chi connectivity index (χ3v) is 3.88. The average molecular weight is 311 g/mol. The number of hydrogen-bond acceptors (Lipinski definition) is 3. The van der Waals surface area contributed by atoms with Gasteiger partial charge in [-0.2, -0.15) is 0 Å². The number of nitrogens with one attached hydrogen (secondary N) is 2. The topological polar surface area (TPSA) is 87.6 Å². The van der Waals surface area contributed by atoms with E-state index in [0.717, 1.165) is 16.4 Å². The minimum Gasteiger partial charge on any atom is -0.397 e. The number of halogens is 1. The molecule has 108 valence electrons. The van der Waals surface area contributed by atoms with Gasteiger partial charge < -0.3 is 15.7 Å². The lowest BCUT2D eigenvalue weighted by Crippen LogP contribution is -2.13. The highest BCUT2D eigenvalue weighted by atomic mass is 35.5. The number of H-pyrrole nitrogens is 2. The third kappa shape index (κ3) is 1.87. The smallest absolute Gasteiger partial charge is 0.261 e. The first-order valence-corrected chi connectivity index (χ1v) is 7.07. The standard InChI is InChI=1S/C16H11ClN4O/c17-8-5-6-9-12(7-8)21-16(22)13(14(9)18)15-19-10-3-1-2-4-11(10)20-15/h1-7H,(H,19,20)(H3,18,21,22). The van der Waals surface area contributed by atoms with Crippen LogP contribution in [0.4, 0.5) is 5.69 Å². The zero-order chi connectivity index (χ0) is 15.3. The molecule has 0 unspecified atom stereocenters. The molecule has 22 heavy (non-hydrogen) atoms. The van der Waals surface area contributed by atoms with E-state index in [4.69, 9.17) is 17.3 Å². The van der Waals surface area contributed by atoms with Gasteiger partial charge in [0.1, 0.15) is 11.4 Å². The van der Waals surface area contributed by atoms with Crippen molar-refractivity contribution < 1.29 is 0 Å². The van der Waals surface area contributed by atoms with Crippen molar-refractivity contribution in [3.05, 3.63) is 57.8 Å². The lowest BCUT2D eigenvalue weighted by Gasteiger charge is -2.06. The van der Waals surface area contributed by atoms with E-state index in [-0.39, 0.29) is 5.56 Å². The number of anilines is 1. The Bertz CT molecular complexity index is 1050. The molecule has 4 N–H and O–H groups in total. The number of nitrogens with zero attached hydrogens (tertiary/aromatic N) is 1. The number of nitrogen functional groups attached to an aromatic ring is 1. The van der Waals surface area contributed by atoms with E-state index in [9.17, 15) is 4.79 Å². The second kappa shape index (κ2) is 4.61. The van der Waals surface area contributed by atoms with Gasteiger partial charge in [0.15, 0.2) is 0 Å². The van der Waals surface area contributed by atoms with Gasteiger partial charge >= 0.3 is 0 Å². The normalized spacial score (nSPS) is 11.3. The van der Waals surface area contributed by atoms with Gasteiger partial charge in [0.2, 0.25) is 0 Å². The Balaban J connectivity index is 2.06. The van der Waals surface area contributed by atoms with Crippen LogP contribution in [0.3, 0.4) is 0 Å². The maximum atomic E-state index is 12.4. The molecule has 2 aromatic heterocycles. The highest BCUT2D eigenvalue weighted by Gasteiger charge is 2.15. The summed E-state index contributed by atoms with van der Waals surface area (Å²) in [5.74, 6) is 0.455. The predicted molar refractivity (Wildman–Crippen MR) is 89.1 cm³/mol. The van der Waals surface area contributed by atoms with Crippen LogP contribution in [-0.4, -0.2) is 15.0 Å². The summed E-state index contributed by atoms with van der Waals surface area (Å²) in [6, 6.07) is 12.8. The van der Waals surface area contributed by atoms with Crippen LogP contribution in [0.1, 0.15) is 0 Å². The van der Waals surface area contributed by atoms with E-state index in [1.807, 2.05) is 24.3 Å². The molecule has 0 aliphatic carbocycles. The average Bonchev–Trinajstić information content (AvgIpc) is 2.90. The van der Waals surface area contributed by atoms with Gasteiger partial charge in [0.25, 0.3) is 5.56 Å². The van der Waals surface area contributed by atoms with Crippen molar-refractivity contribution in [3.63, 3.8) is 0 Å². The summed E-state index contributed by atoms with van der Waals surface area (Å²) >= 11 is 5.95. The third-order valence-electron chi connectivity index (χ3n) is 3.64. The van der Waals surface area contributed by atoms with Gasteiger partial charge in [-0.15, -0.1) is 0 Å². The van der Waals surface area contributed by atoms with Gasteiger partial charge in [-0.05, 0) is 30.3 Å². The maximum absolute atomic E-state index is 12.4. The van der Waals surface area contributed by atoms with Gasteiger partial charge in [0, 0.05) is 10.4 Å². The summed E-state index contributed by atoms with van der Waals surface area (Å²) in [5, 5.41) is 1.28. The number of imidazole rings is 1. The Hall–Kier alpha value is -2.79. The molecule has 0 bridgehead atoms. The van der Waals surface area contributed by atoms with Crippen molar-refractivity contribution in [1.82, 2.24) is 15.0 Å². The van der Waals surface area contributed by atoms with Crippen LogP contribution in [0.15, 0.2) is 47.3 Å². The number of rotatable bonds is 1. The lowest BCUT2D eigenvalue weighted by molar-refractivity contribution is 1.25. The van der Waals surface area contributed by atoms with Crippen LogP contribution in [0.2, 0.25) is 5.02 Å². The monoisotopic (exact) mass is 310 g/mol. The number of aromatic nitrogens is 3. The number of para-hydroxylation sites is 2. The zero-order valence-electron chi connectivity index (χ0n) is 11.4. The Morgan fingerprint density at radius 1 is 1.05 bits per heavy atom. The van der Waals surface area contributed by atoms with Crippen LogP contribution >= 0.6 is 11.6 Å². The maximum Gasteiger partial charge on any atom is 0.261 e. The largest absolute Gasteiger partial charge is 0.397 e. The van der Waals surface area contributed by atoms with Gasteiger partial charge in [-0.25, -0.2) is 4.98 Å². The molecule has 0 aliphatic rings. The number of hydrogen-bond donors (Lipinski definition) is 3. The number of aromatic amines is 2. The fourth-order valence-corrected chi connectivity index (χ4v) is 2.77. The Morgan fingerprint density at radius 2 is 1.86 bits per heavy atom. The van der Waals surface area contributed by atoms with Crippen molar-refractivity contribution in [2.45, 2.75) is 0 Å². The quantitative estimate of drug-likeness (QED) is 0.504. The summed E-state index contributed by atoms with van der Waals surface area (Å²) in [6.45, 7) is 0. The second-order valence-electron chi connectivity index (χ2n) is 5.04. The van der Waals surface area contributed by atoms with Crippen LogP contribution in [0.25, 0.3) is 33.3 Å². The highest BCUT2D eigenvalue weighted by molar-refractivity contribution is 6.31. The molecular weight excluding hydrogens is 300 g/mol. The first-order chi connectivity index (χ1) is 10.6. The molecule has 5 nitrogen and oxygen atoms in total. The second-order valence-corrected chi connectivity index (χ2v) is 5.47. The molecule has 4 aromatic rings. The fourth-order valence-electron chi connectivity index (χ4n) is 2.60. The van der Waals surface area contributed by atoms with Crippen LogP contribution in [0, 0.1) is 0 Å². The fraction of sp³-hybridized carbons (Fsp3) is 0.